The summed E-state index contributed by atoms with van der Waals surface area (Å²) in [6.07, 6.45) is 1.98. The van der Waals surface area contributed by atoms with Gasteiger partial charge in [-0.2, -0.15) is 0 Å². The molecule has 2 aromatic carbocycles. The number of furan rings is 1. The molecule has 6 nitrogen and oxygen atoms in total. The van der Waals surface area contributed by atoms with Gasteiger partial charge in [-0.15, -0.1) is 0 Å². The largest absolute Gasteiger partial charge is 0.493 e. The van der Waals surface area contributed by atoms with Gasteiger partial charge in [0.2, 0.25) is 0 Å². The van der Waals surface area contributed by atoms with Gasteiger partial charge in [0.05, 0.1) is 19.4 Å². The smallest absolute Gasteiger partial charge is 0.296 e. The average Bonchev–Trinajstić information content (AvgIpc) is 3.29. The molecule has 2 aliphatic heterocycles. The van der Waals surface area contributed by atoms with E-state index in [0.29, 0.717) is 28.1 Å². The van der Waals surface area contributed by atoms with E-state index < -0.39 is 5.72 Å². The number of hydrogen-bond donors (Lipinski definition) is 0. The van der Waals surface area contributed by atoms with Crippen LogP contribution in [0, 0.1) is 0 Å². The molecule has 1 saturated heterocycles. The second-order valence-electron chi connectivity index (χ2n) is 7.62. The number of carbonyl (C=O) groups is 1. The van der Waals surface area contributed by atoms with Crippen LogP contribution in [0.25, 0.3) is 0 Å². The number of ether oxygens (including phenoxy) is 2. The van der Waals surface area contributed by atoms with Crippen LogP contribution in [0.3, 0.4) is 0 Å². The van der Waals surface area contributed by atoms with Gasteiger partial charge in [0.25, 0.3) is 5.91 Å². The van der Waals surface area contributed by atoms with Crippen molar-refractivity contribution in [2.24, 2.45) is 0 Å². The van der Waals surface area contributed by atoms with Crippen LogP contribution in [-0.4, -0.2) is 28.8 Å². The van der Waals surface area contributed by atoms with Crippen molar-refractivity contribution >= 4 is 40.5 Å². The molecular formula is C23H19ClN2O4S. The molecule has 31 heavy (non-hydrogen) atoms. The number of rotatable bonds is 3. The van der Waals surface area contributed by atoms with Gasteiger partial charge in [-0.1, -0.05) is 23.7 Å². The lowest BCUT2D eigenvalue weighted by Crippen LogP contribution is -2.67. The number of nitrogens with zero attached hydrogens (tertiary/aromatic N) is 2. The van der Waals surface area contributed by atoms with Crippen LogP contribution >= 0.6 is 23.8 Å². The Morgan fingerprint density at radius 1 is 1.19 bits per heavy atom. The molecule has 8 heteroatoms. The van der Waals surface area contributed by atoms with Gasteiger partial charge in [0.1, 0.15) is 0 Å². The van der Waals surface area contributed by atoms with E-state index in [-0.39, 0.29) is 17.7 Å². The molecule has 5 rings (SSSR count). The van der Waals surface area contributed by atoms with Gasteiger partial charge in [-0.25, -0.2) is 0 Å². The maximum absolute atomic E-state index is 13.5. The van der Waals surface area contributed by atoms with Crippen molar-refractivity contribution in [3.05, 3.63) is 77.2 Å². The lowest BCUT2D eigenvalue weighted by Gasteiger charge is -2.55. The summed E-state index contributed by atoms with van der Waals surface area (Å²) in [6.45, 7) is 1.96. The Hall–Kier alpha value is -3.03. The number of amides is 1. The van der Waals surface area contributed by atoms with E-state index in [2.05, 4.69) is 0 Å². The maximum Gasteiger partial charge on any atom is 0.296 e. The van der Waals surface area contributed by atoms with Gasteiger partial charge < -0.3 is 13.9 Å². The SMILES string of the molecule is COc1cccc2c1O[C@]1(C)C[C@@H]2N(C(=O)c2ccco2)C(=S)N1c1ccc(Cl)cc1. The predicted molar refractivity (Wildman–Crippen MR) is 121 cm³/mol. The number of thiocarbonyl (C=S) groups is 1. The van der Waals surface area contributed by atoms with Crippen LogP contribution < -0.4 is 14.4 Å². The highest BCUT2D eigenvalue weighted by Crippen LogP contribution is 2.52. The van der Waals surface area contributed by atoms with Crippen LogP contribution in [0.4, 0.5) is 5.69 Å². The van der Waals surface area contributed by atoms with E-state index >= 15 is 0 Å². The minimum Gasteiger partial charge on any atom is -0.493 e. The fraction of sp³-hybridized carbons (Fsp3) is 0.217. The first-order valence-electron chi connectivity index (χ1n) is 9.76. The summed E-state index contributed by atoms with van der Waals surface area (Å²) in [6, 6.07) is 15.9. The molecule has 0 saturated carbocycles. The Kier molecular flexibility index (Phi) is 4.68. The Bertz CT molecular complexity index is 1160. The zero-order valence-electron chi connectivity index (χ0n) is 16.9. The monoisotopic (exact) mass is 454 g/mol. The van der Waals surface area contributed by atoms with Crippen molar-refractivity contribution in [2.45, 2.75) is 25.1 Å². The fourth-order valence-electron chi connectivity index (χ4n) is 4.33. The topological polar surface area (TPSA) is 55.2 Å². The second-order valence-corrected chi connectivity index (χ2v) is 8.42. The number of methoxy groups -OCH3 is 1. The van der Waals surface area contributed by atoms with Crippen molar-refractivity contribution in [3.63, 3.8) is 0 Å². The van der Waals surface area contributed by atoms with Crippen molar-refractivity contribution < 1.29 is 18.7 Å². The number of fused-ring (bicyclic) bond motifs is 4. The minimum absolute atomic E-state index is 0.220. The first-order valence-corrected chi connectivity index (χ1v) is 10.5. The van der Waals surface area contributed by atoms with E-state index in [1.165, 1.54) is 6.26 Å². The third kappa shape index (κ3) is 3.07. The molecule has 1 amide bonds. The predicted octanol–water partition coefficient (Wildman–Crippen LogP) is 5.43. The van der Waals surface area contributed by atoms with Gasteiger partial charge in [-0.05, 0) is 61.6 Å². The number of halogens is 1. The van der Waals surface area contributed by atoms with Gasteiger partial charge in [-0.3, -0.25) is 14.6 Å². The quantitative estimate of drug-likeness (QED) is 0.492. The molecule has 3 heterocycles. The fourth-order valence-corrected chi connectivity index (χ4v) is 4.96. The molecule has 1 fully saturated rings. The first kappa shape index (κ1) is 19.9. The lowest BCUT2D eigenvalue weighted by molar-refractivity contribution is 0.0152. The molecule has 0 spiro atoms. The number of carbonyl (C=O) groups excluding carboxylic acids is 1. The molecule has 2 atom stereocenters. The summed E-state index contributed by atoms with van der Waals surface area (Å²) in [4.78, 5) is 17.0. The molecule has 0 aliphatic carbocycles. The van der Waals surface area contributed by atoms with E-state index in [1.807, 2.05) is 42.2 Å². The Morgan fingerprint density at radius 3 is 2.65 bits per heavy atom. The van der Waals surface area contributed by atoms with Crippen molar-refractivity contribution in [1.82, 2.24) is 4.90 Å². The highest BCUT2D eigenvalue weighted by molar-refractivity contribution is 7.80. The van der Waals surface area contributed by atoms with Crippen molar-refractivity contribution in [2.75, 3.05) is 12.0 Å². The lowest BCUT2D eigenvalue weighted by atomic mass is 9.88. The van der Waals surface area contributed by atoms with Crippen molar-refractivity contribution in [3.8, 4) is 11.5 Å². The zero-order valence-corrected chi connectivity index (χ0v) is 18.4. The maximum atomic E-state index is 13.5. The summed E-state index contributed by atoms with van der Waals surface area (Å²) in [5.41, 5.74) is 0.776. The number of benzene rings is 2. The first-order chi connectivity index (χ1) is 14.9. The van der Waals surface area contributed by atoms with Crippen LogP contribution in [0.1, 0.15) is 35.5 Å². The van der Waals surface area contributed by atoms with Crippen molar-refractivity contribution in [1.29, 1.82) is 0 Å². The van der Waals surface area contributed by atoms with Gasteiger partial charge >= 0.3 is 0 Å². The Balaban J connectivity index is 1.70. The normalized spacial score (nSPS) is 22.0. The molecule has 2 aliphatic rings. The van der Waals surface area contributed by atoms with Crippen LogP contribution in [0.5, 0.6) is 11.5 Å². The summed E-state index contributed by atoms with van der Waals surface area (Å²) in [7, 11) is 1.60. The van der Waals surface area contributed by atoms with E-state index in [4.69, 9.17) is 37.7 Å². The highest BCUT2D eigenvalue weighted by Gasteiger charge is 2.54. The number of anilines is 1. The Morgan fingerprint density at radius 2 is 1.97 bits per heavy atom. The standard InChI is InChI=1S/C23H19ClN2O4S/c1-23-13-17(16-5-3-6-18(28-2)20(16)30-23)25(21(27)19-7-4-12-29-19)22(31)26(23)15-10-8-14(24)9-11-15/h3-12,17H,13H2,1-2H3/t17-,23+/m0/s1. The molecule has 1 aromatic heterocycles. The average molecular weight is 455 g/mol. The molecule has 2 bridgehead atoms. The Labute approximate surface area is 189 Å². The molecule has 3 aromatic rings. The van der Waals surface area contributed by atoms with E-state index in [1.54, 1.807) is 36.3 Å². The summed E-state index contributed by atoms with van der Waals surface area (Å²) >= 11 is 12.0. The molecular weight excluding hydrogens is 436 g/mol. The third-order valence-electron chi connectivity index (χ3n) is 5.70. The van der Waals surface area contributed by atoms with Crippen LogP contribution in [0.15, 0.2) is 65.3 Å². The highest BCUT2D eigenvalue weighted by atomic mass is 35.5. The summed E-state index contributed by atoms with van der Waals surface area (Å²) in [5, 5.41) is 0.936. The van der Waals surface area contributed by atoms with E-state index in [9.17, 15) is 4.79 Å². The summed E-state index contributed by atoms with van der Waals surface area (Å²) in [5.74, 6) is 1.11. The molecule has 0 unspecified atom stereocenters. The number of para-hydroxylation sites is 1. The minimum atomic E-state index is -0.836. The number of hydrogen-bond acceptors (Lipinski definition) is 5. The molecule has 158 valence electrons. The summed E-state index contributed by atoms with van der Waals surface area (Å²) < 4.78 is 17.5. The second kappa shape index (κ2) is 7.28. The van der Waals surface area contributed by atoms with Crippen LogP contribution in [-0.2, 0) is 0 Å². The zero-order chi connectivity index (χ0) is 21.8. The van der Waals surface area contributed by atoms with Crippen LogP contribution in [0.2, 0.25) is 5.02 Å². The molecule has 0 radical (unpaired) electrons. The third-order valence-corrected chi connectivity index (χ3v) is 6.33. The van der Waals surface area contributed by atoms with Gasteiger partial charge in [0, 0.05) is 22.7 Å². The van der Waals surface area contributed by atoms with E-state index in [0.717, 1.165) is 11.3 Å². The molecule has 0 N–H and O–H groups in total. The van der Waals surface area contributed by atoms with Gasteiger partial charge in [0.15, 0.2) is 28.1 Å².